The van der Waals surface area contributed by atoms with E-state index in [-0.39, 0.29) is 5.41 Å². The SMILES string of the molecule is c1ccc(N(c2ccc3c(c2)-c2ccccc2C32C3CC4CC(C3)CC2C4)c2ccc3ccc4c(N(c5ccccc5)c5ccc6c(c5)sc5ccccc56)ccc5ccc2c3c54)cc1. The van der Waals surface area contributed by atoms with Crippen LogP contribution in [0.2, 0.25) is 0 Å². The molecule has 4 bridgehead atoms. The molecule has 310 valence electrons. The molecule has 1 aromatic heterocycles. The fourth-order valence-electron chi connectivity index (χ4n) is 14.3. The topological polar surface area (TPSA) is 6.48 Å². The van der Waals surface area contributed by atoms with Crippen LogP contribution in [0.25, 0.3) is 63.6 Å². The van der Waals surface area contributed by atoms with Gasteiger partial charge >= 0.3 is 0 Å². The van der Waals surface area contributed by atoms with E-state index in [1.54, 1.807) is 11.1 Å². The molecule has 0 N–H and O–H groups in total. The van der Waals surface area contributed by atoms with Crippen molar-refractivity contribution < 1.29 is 0 Å². The molecule has 1 spiro atoms. The van der Waals surface area contributed by atoms with Gasteiger partial charge in [-0.25, -0.2) is 0 Å². The molecule has 65 heavy (non-hydrogen) atoms. The van der Waals surface area contributed by atoms with Crippen LogP contribution in [0, 0.1) is 23.7 Å². The number of thiophene rings is 1. The van der Waals surface area contributed by atoms with Crippen LogP contribution in [-0.4, -0.2) is 0 Å². The van der Waals surface area contributed by atoms with E-state index in [4.69, 9.17) is 0 Å². The van der Waals surface area contributed by atoms with E-state index in [0.717, 1.165) is 35.0 Å². The van der Waals surface area contributed by atoms with E-state index in [1.807, 2.05) is 11.3 Å². The summed E-state index contributed by atoms with van der Waals surface area (Å²) in [6, 6.07) is 73.7. The molecule has 0 atom stereocenters. The van der Waals surface area contributed by atoms with Gasteiger partial charge in [0.1, 0.15) is 0 Å². The fourth-order valence-corrected chi connectivity index (χ4v) is 15.4. The van der Waals surface area contributed by atoms with Gasteiger partial charge in [0.15, 0.2) is 0 Å². The average Bonchev–Trinajstić information content (AvgIpc) is 3.87. The van der Waals surface area contributed by atoms with Gasteiger partial charge in [-0.3, -0.25) is 0 Å². The van der Waals surface area contributed by atoms with Crippen LogP contribution in [0.15, 0.2) is 194 Å². The first-order valence-corrected chi connectivity index (χ1v) is 24.6. The lowest BCUT2D eigenvalue weighted by Crippen LogP contribution is -2.55. The number of hydrogen-bond donors (Lipinski definition) is 0. The summed E-state index contributed by atoms with van der Waals surface area (Å²) >= 11 is 1.88. The van der Waals surface area contributed by atoms with Gasteiger partial charge in [-0.15, -0.1) is 11.3 Å². The standard InChI is InChI=1S/C62H46N2S/c1-3-11-44(12-4-1)63(46-24-28-55-53(36-46)48-15-7-9-17-54(48)62(55)42-32-38-31-39(34-42)35-43(62)33-38)56-29-21-40-20-26-52-57(30-22-41-19-25-51(56)60(40)61(41)52)64(45-13-5-2-6-14-45)47-23-27-50-49-16-8-10-18-58(49)65-59(50)37-47/h1-30,36-39,42-43H,31-35H2. The molecule has 5 aliphatic carbocycles. The maximum atomic E-state index is 2.57. The van der Waals surface area contributed by atoms with E-state index >= 15 is 0 Å². The maximum absolute atomic E-state index is 2.57. The highest BCUT2D eigenvalue weighted by Crippen LogP contribution is 2.69. The van der Waals surface area contributed by atoms with Crippen LogP contribution >= 0.6 is 11.3 Å². The molecule has 16 rings (SSSR count). The van der Waals surface area contributed by atoms with Gasteiger partial charge in [0.2, 0.25) is 0 Å². The lowest BCUT2D eigenvalue weighted by Gasteiger charge is -2.61. The van der Waals surface area contributed by atoms with E-state index in [2.05, 4.69) is 204 Å². The summed E-state index contributed by atoms with van der Waals surface area (Å²) in [5.74, 6) is 3.35. The number of fused-ring (bicyclic) bond motifs is 6. The lowest BCUT2D eigenvalue weighted by atomic mass is 9.43. The van der Waals surface area contributed by atoms with Gasteiger partial charge in [-0.2, -0.15) is 0 Å². The number of para-hydroxylation sites is 2. The molecule has 0 saturated heterocycles. The van der Waals surface area contributed by atoms with E-state index < -0.39 is 0 Å². The number of nitrogens with zero attached hydrogens (tertiary/aromatic N) is 2. The molecular formula is C62H46N2S. The molecular weight excluding hydrogens is 805 g/mol. The summed E-state index contributed by atoms with van der Waals surface area (Å²) in [7, 11) is 0. The molecule has 2 nitrogen and oxygen atoms in total. The zero-order valence-corrected chi connectivity index (χ0v) is 36.9. The third-order valence-electron chi connectivity index (χ3n) is 16.5. The van der Waals surface area contributed by atoms with Crippen molar-refractivity contribution in [2.75, 3.05) is 9.80 Å². The average molecular weight is 851 g/mol. The Kier molecular flexibility index (Phi) is 7.59. The van der Waals surface area contributed by atoms with E-state index in [1.165, 1.54) is 118 Å². The molecule has 0 radical (unpaired) electrons. The Bertz CT molecular complexity index is 3670. The Morgan fingerprint density at radius 3 is 1.54 bits per heavy atom. The molecule has 11 aromatic rings. The third-order valence-corrected chi connectivity index (χ3v) is 17.7. The normalized spacial score (nSPS) is 21.6. The predicted octanol–water partition coefficient (Wildman–Crippen LogP) is 17.6. The smallest absolute Gasteiger partial charge is 0.0540 e. The van der Waals surface area contributed by atoms with Gasteiger partial charge < -0.3 is 9.80 Å². The zero-order chi connectivity index (χ0) is 42.4. The Morgan fingerprint density at radius 1 is 0.369 bits per heavy atom. The summed E-state index contributed by atoms with van der Waals surface area (Å²) in [5, 5.41) is 10.3. The van der Waals surface area contributed by atoms with Gasteiger partial charge in [-0.1, -0.05) is 127 Å². The molecule has 5 aliphatic rings. The summed E-state index contributed by atoms with van der Waals surface area (Å²) in [6.45, 7) is 0. The van der Waals surface area contributed by atoms with Crippen molar-refractivity contribution in [2.24, 2.45) is 23.7 Å². The van der Waals surface area contributed by atoms with Gasteiger partial charge in [-0.05, 0) is 166 Å². The minimum atomic E-state index is 0.150. The monoisotopic (exact) mass is 850 g/mol. The molecule has 4 fully saturated rings. The first-order chi connectivity index (χ1) is 32.2. The molecule has 10 aromatic carbocycles. The van der Waals surface area contributed by atoms with Crippen molar-refractivity contribution in [3.63, 3.8) is 0 Å². The van der Waals surface area contributed by atoms with Gasteiger partial charge in [0.25, 0.3) is 0 Å². The highest BCUT2D eigenvalue weighted by molar-refractivity contribution is 7.25. The summed E-state index contributed by atoms with van der Waals surface area (Å²) < 4.78 is 2.63. The van der Waals surface area contributed by atoms with Gasteiger partial charge in [0, 0.05) is 59.1 Å². The largest absolute Gasteiger partial charge is 0.310 e. The minimum absolute atomic E-state index is 0.150. The molecule has 0 amide bonds. The highest BCUT2D eigenvalue weighted by atomic mass is 32.1. The lowest BCUT2D eigenvalue weighted by molar-refractivity contribution is -0.0399. The molecule has 1 heterocycles. The maximum Gasteiger partial charge on any atom is 0.0540 e. The van der Waals surface area contributed by atoms with Crippen LogP contribution in [0.5, 0.6) is 0 Å². The van der Waals surface area contributed by atoms with Crippen molar-refractivity contribution in [2.45, 2.75) is 37.5 Å². The Labute approximate surface area is 383 Å². The number of hydrogen-bond acceptors (Lipinski definition) is 3. The van der Waals surface area contributed by atoms with Crippen LogP contribution in [0.1, 0.15) is 43.2 Å². The minimum Gasteiger partial charge on any atom is -0.310 e. The highest BCUT2D eigenvalue weighted by Gasteiger charge is 2.61. The molecule has 0 unspecified atom stereocenters. The predicted molar refractivity (Wildman–Crippen MR) is 276 cm³/mol. The van der Waals surface area contributed by atoms with Crippen molar-refractivity contribution in [1.29, 1.82) is 0 Å². The first kappa shape index (κ1) is 36.4. The second-order valence-electron chi connectivity index (χ2n) is 19.7. The van der Waals surface area contributed by atoms with Crippen molar-refractivity contribution >= 4 is 98.0 Å². The van der Waals surface area contributed by atoms with Crippen LogP contribution in [0.4, 0.5) is 34.1 Å². The molecule has 0 aliphatic heterocycles. The first-order valence-electron chi connectivity index (χ1n) is 23.8. The fraction of sp³-hybridized carbons (Fsp3) is 0.161. The third kappa shape index (κ3) is 5.05. The van der Waals surface area contributed by atoms with E-state index in [9.17, 15) is 0 Å². The Balaban J connectivity index is 0.926. The number of rotatable bonds is 6. The van der Waals surface area contributed by atoms with Gasteiger partial charge in [0.05, 0.1) is 11.4 Å². The van der Waals surface area contributed by atoms with Crippen molar-refractivity contribution in [3.05, 3.63) is 205 Å². The Hall–Kier alpha value is -6.94. The summed E-state index contributed by atoms with van der Waals surface area (Å²) in [4.78, 5) is 5.00. The summed E-state index contributed by atoms with van der Waals surface area (Å²) in [6.07, 6.45) is 7.06. The molecule has 3 heteroatoms. The number of benzene rings is 10. The Morgan fingerprint density at radius 2 is 0.877 bits per heavy atom. The quantitative estimate of drug-likeness (QED) is 0.154. The van der Waals surface area contributed by atoms with E-state index in [0.29, 0.717) is 0 Å². The second-order valence-corrected chi connectivity index (χ2v) is 20.7. The van der Waals surface area contributed by atoms with Crippen molar-refractivity contribution in [3.8, 4) is 11.1 Å². The van der Waals surface area contributed by atoms with Crippen LogP contribution in [-0.2, 0) is 5.41 Å². The van der Waals surface area contributed by atoms with Crippen LogP contribution in [0.3, 0.4) is 0 Å². The number of anilines is 6. The van der Waals surface area contributed by atoms with Crippen molar-refractivity contribution in [1.82, 2.24) is 0 Å². The second kappa shape index (κ2) is 13.5. The molecule has 4 saturated carbocycles. The van der Waals surface area contributed by atoms with Crippen LogP contribution < -0.4 is 9.80 Å². The summed E-state index contributed by atoms with van der Waals surface area (Å²) in [5.41, 5.74) is 13.3. The zero-order valence-electron chi connectivity index (χ0n) is 36.1.